The largest absolute Gasteiger partial charge is 0.492 e. The fraction of sp³-hybridized carbons (Fsp3) is 0.357. The molecule has 19 heavy (non-hydrogen) atoms. The van der Waals surface area contributed by atoms with Crippen LogP contribution in [0, 0.1) is 6.92 Å². The summed E-state index contributed by atoms with van der Waals surface area (Å²) in [5.74, 6) is 2.28. The van der Waals surface area contributed by atoms with Gasteiger partial charge in [-0.25, -0.2) is 9.97 Å². The number of anilines is 1. The van der Waals surface area contributed by atoms with Crippen LogP contribution < -0.4 is 10.1 Å². The van der Waals surface area contributed by atoms with Crippen molar-refractivity contribution < 1.29 is 4.74 Å². The fourth-order valence-corrected chi connectivity index (χ4v) is 1.70. The van der Waals surface area contributed by atoms with Crippen LogP contribution in [0.2, 0.25) is 0 Å². The van der Waals surface area contributed by atoms with E-state index in [0.717, 1.165) is 35.1 Å². The molecule has 0 aliphatic carbocycles. The first-order valence-electron chi connectivity index (χ1n) is 6.34. The number of pyridine rings is 1. The Morgan fingerprint density at radius 2 is 2.05 bits per heavy atom. The molecule has 0 fully saturated rings. The van der Waals surface area contributed by atoms with Gasteiger partial charge in [-0.05, 0) is 19.4 Å². The lowest BCUT2D eigenvalue weighted by atomic mass is 10.2. The predicted octanol–water partition coefficient (Wildman–Crippen LogP) is 2.68. The molecule has 0 bridgehead atoms. The van der Waals surface area contributed by atoms with Crippen molar-refractivity contribution in [2.75, 3.05) is 19.0 Å². The normalized spacial score (nSPS) is 10.3. The molecule has 0 saturated heterocycles. The number of aromatic nitrogens is 3. The van der Waals surface area contributed by atoms with Crippen molar-refractivity contribution in [3.05, 3.63) is 30.4 Å². The van der Waals surface area contributed by atoms with E-state index in [2.05, 4.69) is 27.2 Å². The molecule has 1 N–H and O–H groups in total. The third kappa shape index (κ3) is 3.40. The molecule has 0 saturated carbocycles. The Kier molecular flexibility index (Phi) is 4.28. The lowest BCUT2D eigenvalue weighted by Gasteiger charge is -2.08. The van der Waals surface area contributed by atoms with Crippen LogP contribution in [0.3, 0.4) is 0 Å². The second-order valence-electron chi connectivity index (χ2n) is 4.19. The summed E-state index contributed by atoms with van der Waals surface area (Å²) in [4.78, 5) is 12.9. The summed E-state index contributed by atoms with van der Waals surface area (Å²) in [6.45, 7) is 4.63. The van der Waals surface area contributed by atoms with Gasteiger partial charge in [0.1, 0.15) is 17.4 Å². The van der Waals surface area contributed by atoms with Gasteiger partial charge in [0, 0.05) is 24.9 Å². The quantitative estimate of drug-likeness (QED) is 0.893. The molecule has 5 nitrogen and oxygen atoms in total. The van der Waals surface area contributed by atoms with Gasteiger partial charge in [0.25, 0.3) is 0 Å². The van der Waals surface area contributed by atoms with Crippen LogP contribution in [0.15, 0.2) is 24.5 Å². The van der Waals surface area contributed by atoms with E-state index in [1.807, 2.05) is 26.1 Å². The van der Waals surface area contributed by atoms with Crippen LogP contribution >= 0.6 is 0 Å². The molecule has 0 aliphatic heterocycles. The number of ether oxygens (including phenoxy) is 1. The standard InChI is InChI=1S/C14H18N4O/c1-4-5-19-12-6-11(8-16-9-12)13-7-14(15-3)18-10(2)17-13/h6-9H,4-5H2,1-3H3,(H,15,17,18). The lowest BCUT2D eigenvalue weighted by molar-refractivity contribution is 0.316. The molecule has 2 heterocycles. The van der Waals surface area contributed by atoms with Crippen LogP contribution in [0.5, 0.6) is 5.75 Å². The summed E-state index contributed by atoms with van der Waals surface area (Å²) in [7, 11) is 1.84. The molecule has 0 unspecified atom stereocenters. The molecule has 100 valence electrons. The van der Waals surface area contributed by atoms with Gasteiger partial charge in [0.05, 0.1) is 18.5 Å². The molecule has 2 aromatic heterocycles. The number of aryl methyl sites for hydroxylation is 1. The molecule has 5 heteroatoms. The molecule has 0 radical (unpaired) electrons. The molecular weight excluding hydrogens is 240 g/mol. The van der Waals surface area contributed by atoms with Gasteiger partial charge in [0.2, 0.25) is 0 Å². The minimum Gasteiger partial charge on any atom is -0.492 e. The maximum absolute atomic E-state index is 5.58. The molecule has 2 aromatic rings. The molecule has 2 rings (SSSR count). The summed E-state index contributed by atoms with van der Waals surface area (Å²) in [6, 6.07) is 3.84. The van der Waals surface area contributed by atoms with Gasteiger partial charge in [0.15, 0.2) is 0 Å². The van der Waals surface area contributed by atoms with Crippen LogP contribution in [0.1, 0.15) is 19.2 Å². The second-order valence-corrected chi connectivity index (χ2v) is 4.19. The van der Waals surface area contributed by atoms with Crippen LogP contribution in [-0.2, 0) is 0 Å². The highest BCUT2D eigenvalue weighted by Crippen LogP contribution is 2.22. The lowest BCUT2D eigenvalue weighted by Crippen LogP contribution is -1.99. The smallest absolute Gasteiger partial charge is 0.138 e. The minimum atomic E-state index is 0.690. The van der Waals surface area contributed by atoms with E-state index in [-0.39, 0.29) is 0 Å². The van der Waals surface area contributed by atoms with Crippen molar-refractivity contribution in [3.8, 4) is 17.0 Å². The number of hydrogen-bond acceptors (Lipinski definition) is 5. The molecule has 0 aromatic carbocycles. The summed E-state index contributed by atoms with van der Waals surface area (Å²) < 4.78 is 5.58. The van der Waals surface area contributed by atoms with Crippen LogP contribution in [-0.4, -0.2) is 28.6 Å². The number of nitrogens with zero attached hydrogens (tertiary/aromatic N) is 3. The monoisotopic (exact) mass is 258 g/mol. The van der Waals surface area contributed by atoms with Crippen molar-refractivity contribution >= 4 is 5.82 Å². The Labute approximate surface area is 113 Å². The van der Waals surface area contributed by atoms with E-state index in [1.165, 1.54) is 0 Å². The van der Waals surface area contributed by atoms with Gasteiger partial charge in [-0.1, -0.05) is 6.92 Å². The Bertz CT molecular complexity index is 557. The van der Waals surface area contributed by atoms with E-state index in [1.54, 1.807) is 12.4 Å². The Morgan fingerprint density at radius 3 is 2.79 bits per heavy atom. The van der Waals surface area contributed by atoms with Crippen molar-refractivity contribution in [1.82, 2.24) is 15.0 Å². The van der Waals surface area contributed by atoms with E-state index in [9.17, 15) is 0 Å². The van der Waals surface area contributed by atoms with Gasteiger partial charge in [-0.2, -0.15) is 0 Å². The SMILES string of the molecule is CCCOc1cncc(-c2cc(NC)nc(C)n2)c1. The number of nitrogens with one attached hydrogen (secondary N) is 1. The van der Waals surface area contributed by atoms with Crippen molar-refractivity contribution in [2.24, 2.45) is 0 Å². The number of rotatable bonds is 5. The number of hydrogen-bond donors (Lipinski definition) is 1. The molecule has 0 amide bonds. The van der Waals surface area contributed by atoms with Gasteiger partial charge in [-0.3, -0.25) is 4.98 Å². The molecule has 0 spiro atoms. The highest BCUT2D eigenvalue weighted by Gasteiger charge is 2.05. The van der Waals surface area contributed by atoms with Crippen molar-refractivity contribution in [2.45, 2.75) is 20.3 Å². The zero-order valence-corrected chi connectivity index (χ0v) is 11.5. The Balaban J connectivity index is 2.32. The van der Waals surface area contributed by atoms with E-state index >= 15 is 0 Å². The first kappa shape index (κ1) is 13.3. The minimum absolute atomic E-state index is 0.690. The summed E-state index contributed by atoms with van der Waals surface area (Å²) in [6.07, 6.45) is 4.47. The molecular formula is C14H18N4O. The van der Waals surface area contributed by atoms with Crippen LogP contribution in [0.4, 0.5) is 5.82 Å². The molecule has 0 atom stereocenters. The van der Waals surface area contributed by atoms with Gasteiger partial charge >= 0.3 is 0 Å². The summed E-state index contributed by atoms with van der Waals surface area (Å²) in [5, 5.41) is 3.02. The highest BCUT2D eigenvalue weighted by molar-refractivity contribution is 5.62. The third-order valence-corrected chi connectivity index (χ3v) is 2.58. The summed E-state index contributed by atoms with van der Waals surface area (Å²) in [5.41, 5.74) is 1.77. The maximum atomic E-state index is 5.58. The van der Waals surface area contributed by atoms with Gasteiger partial charge < -0.3 is 10.1 Å². The topological polar surface area (TPSA) is 59.9 Å². The van der Waals surface area contributed by atoms with Crippen molar-refractivity contribution in [3.63, 3.8) is 0 Å². The average molecular weight is 258 g/mol. The first-order chi connectivity index (χ1) is 9.22. The van der Waals surface area contributed by atoms with Gasteiger partial charge in [-0.15, -0.1) is 0 Å². The molecule has 0 aliphatic rings. The highest BCUT2D eigenvalue weighted by atomic mass is 16.5. The Hall–Kier alpha value is -2.17. The third-order valence-electron chi connectivity index (χ3n) is 2.58. The average Bonchev–Trinajstić information content (AvgIpc) is 2.44. The second kappa shape index (κ2) is 6.13. The van der Waals surface area contributed by atoms with E-state index < -0.39 is 0 Å². The zero-order chi connectivity index (χ0) is 13.7. The predicted molar refractivity (Wildman–Crippen MR) is 75.3 cm³/mol. The summed E-state index contributed by atoms with van der Waals surface area (Å²) >= 11 is 0. The van der Waals surface area contributed by atoms with Crippen LogP contribution in [0.25, 0.3) is 11.3 Å². The first-order valence-corrected chi connectivity index (χ1v) is 6.34. The van der Waals surface area contributed by atoms with E-state index in [0.29, 0.717) is 6.61 Å². The Morgan fingerprint density at radius 1 is 1.21 bits per heavy atom. The van der Waals surface area contributed by atoms with E-state index in [4.69, 9.17) is 4.74 Å². The zero-order valence-electron chi connectivity index (χ0n) is 11.5. The fourth-order valence-electron chi connectivity index (χ4n) is 1.70. The van der Waals surface area contributed by atoms with Crippen molar-refractivity contribution in [1.29, 1.82) is 0 Å². The maximum Gasteiger partial charge on any atom is 0.138 e.